The normalized spacial score (nSPS) is 13.8. The second-order valence-corrected chi connectivity index (χ2v) is 18.6. The van der Waals surface area contributed by atoms with E-state index in [-0.39, 0.29) is 37.5 Å². The minimum atomic E-state index is -4.60. The molecule has 3 aromatic rings. The Balaban J connectivity index is 1.94. The first-order chi connectivity index (χ1) is 30.0. The lowest BCUT2D eigenvalue weighted by atomic mass is 10.1. The van der Waals surface area contributed by atoms with Crippen molar-refractivity contribution >= 4 is 60.3 Å². The molecule has 3 aromatic carbocycles. The smallest absolute Gasteiger partial charge is 0.347 e. The molecular formula is C48H69Cl3N3O7P. The zero-order valence-electron chi connectivity index (χ0n) is 36.9. The zero-order valence-corrected chi connectivity index (χ0v) is 40.1. The maximum atomic E-state index is 15.0. The Hall–Kier alpha value is -2.95. The van der Waals surface area contributed by atoms with Crippen molar-refractivity contribution in [2.45, 2.75) is 154 Å². The fourth-order valence-corrected chi connectivity index (χ4v) is 9.00. The predicted octanol–water partition coefficient (Wildman–Crippen LogP) is 13.8. The van der Waals surface area contributed by atoms with Crippen molar-refractivity contribution in [3.05, 3.63) is 105 Å². The van der Waals surface area contributed by atoms with Gasteiger partial charge in [-0.3, -0.25) is 28.0 Å². The van der Waals surface area contributed by atoms with Gasteiger partial charge in [0.1, 0.15) is 0 Å². The van der Waals surface area contributed by atoms with Crippen LogP contribution >= 0.6 is 42.6 Å². The molecule has 0 aromatic heterocycles. The molecule has 0 saturated carbocycles. The van der Waals surface area contributed by atoms with Gasteiger partial charge in [-0.2, -0.15) is 0 Å². The van der Waals surface area contributed by atoms with Gasteiger partial charge in [0.05, 0.1) is 37.9 Å². The first kappa shape index (κ1) is 53.4. The van der Waals surface area contributed by atoms with Crippen molar-refractivity contribution < 1.29 is 32.5 Å². The summed E-state index contributed by atoms with van der Waals surface area (Å²) in [6.45, 7) is 5.39. The van der Waals surface area contributed by atoms with Gasteiger partial charge in [-0.05, 0) is 54.2 Å². The topological polar surface area (TPSA) is 132 Å². The molecule has 3 N–H and O–H groups in total. The molecule has 0 aliphatic heterocycles. The SMILES string of the molecule is CCCCCCCC(=O)NC(COP(=O)(OCC(NC(=O)CCCCCCC)c1ccccc1Cl)OCC(NC(=O)CCCCCCC)c1ccccc1Cl)c1ccccc1Cl. The van der Waals surface area contributed by atoms with Gasteiger partial charge >= 0.3 is 7.82 Å². The van der Waals surface area contributed by atoms with Crippen LogP contribution in [0.15, 0.2) is 72.8 Å². The number of hydrogen-bond donors (Lipinski definition) is 3. The van der Waals surface area contributed by atoms with Crippen LogP contribution in [-0.4, -0.2) is 37.5 Å². The molecule has 0 bridgehead atoms. The number of unbranched alkanes of at least 4 members (excludes halogenated alkanes) is 12. The summed E-state index contributed by atoms with van der Waals surface area (Å²) in [4.78, 5) is 39.9. The molecule has 0 saturated heterocycles. The summed E-state index contributed by atoms with van der Waals surface area (Å²) < 4.78 is 33.5. The molecular weight excluding hydrogens is 868 g/mol. The van der Waals surface area contributed by atoms with Gasteiger partial charge in [-0.15, -0.1) is 0 Å². The highest BCUT2D eigenvalue weighted by atomic mass is 35.5. The number of amides is 3. The van der Waals surface area contributed by atoms with E-state index in [2.05, 4.69) is 36.7 Å². The highest BCUT2D eigenvalue weighted by Crippen LogP contribution is 2.52. The van der Waals surface area contributed by atoms with E-state index < -0.39 is 25.9 Å². The van der Waals surface area contributed by atoms with Crippen LogP contribution in [0.4, 0.5) is 0 Å². The average molecular weight is 937 g/mol. The maximum Gasteiger partial charge on any atom is 0.475 e. The summed E-state index contributed by atoms with van der Waals surface area (Å²) in [7, 11) is -4.60. The van der Waals surface area contributed by atoms with E-state index in [0.717, 1.165) is 77.0 Å². The van der Waals surface area contributed by atoms with Crippen molar-refractivity contribution in [2.75, 3.05) is 19.8 Å². The highest BCUT2D eigenvalue weighted by Gasteiger charge is 2.34. The van der Waals surface area contributed by atoms with Crippen molar-refractivity contribution in [1.82, 2.24) is 16.0 Å². The molecule has 3 rings (SSSR count). The molecule has 3 atom stereocenters. The fourth-order valence-electron chi connectivity index (χ4n) is 6.98. The van der Waals surface area contributed by atoms with Gasteiger partial charge in [0.25, 0.3) is 0 Å². The summed E-state index contributed by atoms with van der Waals surface area (Å²) in [6.07, 6.45) is 15.5. The van der Waals surface area contributed by atoms with E-state index >= 15 is 4.57 Å². The molecule has 3 amide bonds. The molecule has 62 heavy (non-hydrogen) atoms. The lowest BCUT2D eigenvalue weighted by molar-refractivity contribution is -0.122. The van der Waals surface area contributed by atoms with Crippen LogP contribution in [0.3, 0.4) is 0 Å². The van der Waals surface area contributed by atoms with E-state index in [0.29, 0.717) is 70.3 Å². The fraction of sp³-hybridized carbons (Fsp3) is 0.562. The molecule has 14 heteroatoms. The van der Waals surface area contributed by atoms with Crippen LogP contribution in [-0.2, 0) is 32.5 Å². The first-order valence-corrected chi connectivity index (χ1v) is 25.2. The Labute approximate surface area is 385 Å². The minimum Gasteiger partial charge on any atom is -0.347 e. The second-order valence-electron chi connectivity index (χ2n) is 15.8. The Bertz CT molecular complexity index is 1620. The molecule has 0 aliphatic carbocycles. The van der Waals surface area contributed by atoms with Crippen LogP contribution in [0.2, 0.25) is 15.1 Å². The van der Waals surface area contributed by atoms with Crippen molar-refractivity contribution in [3.8, 4) is 0 Å². The standard InChI is InChI=1S/C48H69Cl3N3O7P/c1-4-7-10-13-16-31-46(55)52-43(37-25-19-22-28-40(37)49)34-59-62(58,60-35-44(38-26-20-23-29-41(38)50)53-47(56)32-17-14-11-8-5-2)61-36-45(39-27-21-24-30-42(39)51)54-48(57)33-18-15-12-9-6-3/h19-30,43-45H,4-18,31-36H2,1-3H3,(H,52,55)(H,53,56)(H,54,57). The Morgan fingerprint density at radius 2 is 0.710 bits per heavy atom. The Morgan fingerprint density at radius 3 is 0.968 bits per heavy atom. The highest BCUT2D eigenvalue weighted by molar-refractivity contribution is 7.48. The maximum absolute atomic E-state index is 15.0. The van der Waals surface area contributed by atoms with Gasteiger partial charge in [-0.25, -0.2) is 4.57 Å². The third-order valence-corrected chi connectivity index (χ3v) is 13.0. The first-order valence-electron chi connectivity index (χ1n) is 22.6. The van der Waals surface area contributed by atoms with E-state index in [4.69, 9.17) is 48.4 Å². The van der Waals surface area contributed by atoms with Crippen LogP contribution in [0.1, 0.15) is 171 Å². The van der Waals surface area contributed by atoms with E-state index in [1.165, 1.54) is 0 Å². The summed E-state index contributed by atoms with van der Waals surface area (Å²) in [5.74, 6) is -0.628. The Morgan fingerprint density at radius 1 is 0.452 bits per heavy atom. The number of benzene rings is 3. The zero-order chi connectivity index (χ0) is 45.0. The number of halogens is 3. The van der Waals surface area contributed by atoms with Gasteiger partial charge < -0.3 is 16.0 Å². The number of rotatable bonds is 33. The van der Waals surface area contributed by atoms with Crippen molar-refractivity contribution in [3.63, 3.8) is 0 Å². The van der Waals surface area contributed by atoms with Gasteiger partial charge in [0, 0.05) is 34.3 Å². The van der Waals surface area contributed by atoms with Crippen LogP contribution in [0, 0.1) is 0 Å². The van der Waals surface area contributed by atoms with E-state index in [9.17, 15) is 14.4 Å². The number of carbonyl (C=O) groups is 3. The van der Waals surface area contributed by atoms with E-state index in [1.54, 1.807) is 72.8 Å². The summed E-state index contributed by atoms with van der Waals surface area (Å²) in [5.41, 5.74) is 1.67. The van der Waals surface area contributed by atoms with Crippen LogP contribution in [0.5, 0.6) is 0 Å². The molecule has 0 radical (unpaired) electrons. The molecule has 0 spiro atoms. The van der Waals surface area contributed by atoms with Gasteiger partial charge in [0.2, 0.25) is 17.7 Å². The number of phosphoric ester groups is 1. The average Bonchev–Trinajstić information content (AvgIpc) is 3.26. The number of hydrogen-bond acceptors (Lipinski definition) is 7. The van der Waals surface area contributed by atoms with Gasteiger partial charge in [-0.1, -0.05) is 187 Å². The third-order valence-electron chi connectivity index (χ3n) is 10.6. The molecule has 10 nitrogen and oxygen atoms in total. The number of nitrogens with one attached hydrogen (secondary N) is 3. The molecule has 0 heterocycles. The minimum absolute atomic E-state index is 0.209. The predicted molar refractivity (Wildman–Crippen MR) is 253 cm³/mol. The lowest BCUT2D eigenvalue weighted by Crippen LogP contribution is -2.33. The molecule has 0 aliphatic rings. The van der Waals surface area contributed by atoms with Crippen LogP contribution < -0.4 is 16.0 Å². The monoisotopic (exact) mass is 935 g/mol. The van der Waals surface area contributed by atoms with Crippen molar-refractivity contribution in [1.29, 1.82) is 0 Å². The number of phosphoric acid groups is 1. The number of carbonyl (C=O) groups excluding carboxylic acids is 3. The summed E-state index contributed by atoms with van der Waals surface area (Å²) in [5, 5.41) is 10.2. The van der Waals surface area contributed by atoms with Gasteiger partial charge in [0.15, 0.2) is 0 Å². The molecule has 3 unspecified atom stereocenters. The Kier molecular flexibility index (Phi) is 26.7. The van der Waals surface area contributed by atoms with Crippen molar-refractivity contribution in [2.24, 2.45) is 0 Å². The third kappa shape index (κ3) is 20.7. The van der Waals surface area contributed by atoms with Crippen LogP contribution in [0.25, 0.3) is 0 Å². The molecule has 344 valence electrons. The van der Waals surface area contributed by atoms with E-state index in [1.807, 2.05) is 0 Å². The lowest BCUT2D eigenvalue weighted by Gasteiger charge is -2.27. The summed E-state index contributed by atoms with van der Waals surface area (Å²) >= 11 is 20.0. The second kappa shape index (κ2) is 31.0. The molecule has 0 fully saturated rings. The summed E-state index contributed by atoms with van der Waals surface area (Å²) in [6, 6.07) is 18.6. The quantitative estimate of drug-likeness (QED) is 0.0409. The largest absolute Gasteiger partial charge is 0.475 e.